The van der Waals surface area contributed by atoms with Crippen molar-refractivity contribution >= 4 is 31.6 Å². The van der Waals surface area contributed by atoms with Gasteiger partial charge in [-0.15, -0.1) is 0 Å². The first-order valence-corrected chi connectivity index (χ1v) is 12.3. The number of hydrogen-bond acceptors (Lipinski definition) is 6. The molecule has 0 saturated heterocycles. The van der Waals surface area contributed by atoms with Crippen molar-refractivity contribution in [3.05, 3.63) is 48.0 Å². The Labute approximate surface area is 183 Å². The van der Waals surface area contributed by atoms with E-state index in [0.717, 1.165) is 4.31 Å². The van der Waals surface area contributed by atoms with Crippen LogP contribution in [0.3, 0.4) is 0 Å². The predicted octanol–water partition coefficient (Wildman–Crippen LogP) is 1.95. The summed E-state index contributed by atoms with van der Waals surface area (Å²) < 4.78 is 57.8. The average Bonchev–Trinajstić information content (AvgIpc) is 2.67. The van der Waals surface area contributed by atoms with Gasteiger partial charge in [0.1, 0.15) is 5.75 Å². The normalized spacial score (nSPS) is 12.2. The fourth-order valence-electron chi connectivity index (χ4n) is 2.54. The van der Waals surface area contributed by atoms with Gasteiger partial charge in [-0.05, 0) is 62.7 Å². The number of rotatable bonds is 9. The third kappa shape index (κ3) is 6.50. The lowest BCUT2D eigenvalue weighted by atomic mass is 10.2. The van der Waals surface area contributed by atoms with E-state index < -0.39 is 26.0 Å². The molecular weight excluding hydrogens is 442 g/mol. The molecule has 0 aliphatic rings. The first kappa shape index (κ1) is 24.8. The molecule has 0 aliphatic carbocycles. The Hall–Kier alpha value is -2.47. The number of hydrogen-bond donors (Lipinski definition) is 2. The second-order valence-corrected chi connectivity index (χ2v) is 11.2. The van der Waals surface area contributed by atoms with Crippen LogP contribution in [-0.2, 0) is 24.8 Å². The van der Waals surface area contributed by atoms with Crippen molar-refractivity contribution in [1.29, 1.82) is 0 Å². The van der Waals surface area contributed by atoms with Crippen molar-refractivity contribution in [2.75, 3.05) is 26.0 Å². The third-order valence-electron chi connectivity index (χ3n) is 4.16. The number of carbonyl (C=O) groups is 1. The zero-order chi connectivity index (χ0) is 23.4. The summed E-state index contributed by atoms with van der Waals surface area (Å²) in [7, 11) is -4.39. The summed E-state index contributed by atoms with van der Waals surface area (Å²) in [5.41, 5.74) is 1.05. The molecule has 0 unspecified atom stereocenters. The van der Waals surface area contributed by atoms with Crippen LogP contribution < -0.4 is 14.8 Å². The minimum absolute atomic E-state index is 0.0612. The summed E-state index contributed by atoms with van der Waals surface area (Å²) in [6.07, 6.45) is 0. The minimum Gasteiger partial charge on any atom is -0.484 e. The summed E-state index contributed by atoms with van der Waals surface area (Å²) in [6, 6.07) is 9.92. The molecule has 2 aromatic rings. The topological polar surface area (TPSA) is 122 Å². The van der Waals surface area contributed by atoms with Crippen molar-refractivity contribution in [3.8, 4) is 5.75 Å². The third-order valence-corrected chi connectivity index (χ3v) is 7.64. The number of nitrogens with zero attached hydrogens (tertiary/aromatic N) is 1. The van der Waals surface area contributed by atoms with Gasteiger partial charge in [0.2, 0.25) is 20.0 Å². The highest BCUT2D eigenvalue weighted by Gasteiger charge is 2.19. The highest BCUT2D eigenvalue weighted by Crippen LogP contribution is 2.22. The quantitative estimate of drug-likeness (QED) is 0.579. The lowest BCUT2D eigenvalue weighted by molar-refractivity contribution is -0.118. The molecule has 0 spiro atoms. The van der Waals surface area contributed by atoms with E-state index in [0.29, 0.717) is 17.0 Å². The van der Waals surface area contributed by atoms with Gasteiger partial charge in [0.15, 0.2) is 6.61 Å². The molecule has 0 saturated carbocycles. The van der Waals surface area contributed by atoms with E-state index in [1.165, 1.54) is 50.5 Å². The molecule has 31 heavy (non-hydrogen) atoms. The van der Waals surface area contributed by atoms with E-state index in [4.69, 9.17) is 4.74 Å². The van der Waals surface area contributed by atoms with Gasteiger partial charge in [-0.25, -0.2) is 25.9 Å². The Morgan fingerprint density at radius 1 is 1.00 bits per heavy atom. The lowest BCUT2D eigenvalue weighted by Crippen LogP contribution is -2.30. The first-order chi connectivity index (χ1) is 14.3. The van der Waals surface area contributed by atoms with Crippen molar-refractivity contribution < 1.29 is 26.4 Å². The van der Waals surface area contributed by atoms with Crippen LogP contribution in [0.4, 0.5) is 5.69 Å². The Kier molecular flexibility index (Phi) is 7.82. The van der Waals surface area contributed by atoms with E-state index >= 15 is 0 Å². The summed E-state index contributed by atoms with van der Waals surface area (Å²) in [5.74, 6) is -0.167. The second-order valence-electron chi connectivity index (χ2n) is 7.35. The van der Waals surface area contributed by atoms with Gasteiger partial charge in [0.05, 0.1) is 9.79 Å². The predicted molar refractivity (Wildman–Crippen MR) is 118 cm³/mol. The summed E-state index contributed by atoms with van der Waals surface area (Å²) in [6.45, 7) is 4.86. The molecule has 0 atom stereocenters. The highest BCUT2D eigenvalue weighted by atomic mass is 32.2. The van der Waals surface area contributed by atoms with Gasteiger partial charge in [-0.1, -0.05) is 6.07 Å². The van der Waals surface area contributed by atoms with Crippen LogP contribution >= 0.6 is 0 Å². The number of aryl methyl sites for hydroxylation is 1. The summed E-state index contributed by atoms with van der Waals surface area (Å²) in [5, 5.41) is 2.64. The largest absolute Gasteiger partial charge is 0.484 e. The van der Waals surface area contributed by atoms with Gasteiger partial charge in [-0.2, -0.15) is 0 Å². The van der Waals surface area contributed by atoms with Crippen LogP contribution in [0.25, 0.3) is 0 Å². The van der Waals surface area contributed by atoms with Crippen molar-refractivity contribution in [3.63, 3.8) is 0 Å². The zero-order valence-electron chi connectivity index (χ0n) is 18.0. The SMILES string of the molecule is Cc1ccc(S(=O)(=O)N(C)C)cc1NC(=O)COc1ccc(S(=O)(=O)NC(C)C)cc1. The number of anilines is 1. The number of nitrogens with one attached hydrogen (secondary N) is 2. The maximum absolute atomic E-state index is 12.3. The lowest BCUT2D eigenvalue weighted by Gasteiger charge is -2.14. The molecule has 9 nitrogen and oxygen atoms in total. The Morgan fingerprint density at radius 3 is 2.13 bits per heavy atom. The molecule has 0 radical (unpaired) electrons. The molecule has 0 heterocycles. The average molecular weight is 470 g/mol. The second kappa shape index (κ2) is 9.77. The molecule has 2 aromatic carbocycles. The highest BCUT2D eigenvalue weighted by molar-refractivity contribution is 7.89. The Balaban J connectivity index is 2.05. The van der Waals surface area contributed by atoms with E-state index in [-0.39, 0.29) is 22.4 Å². The van der Waals surface area contributed by atoms with Gasteiger partial charge >= 0.3 is 0 Å². The van der Waals surface area contributed by atoms with E-state index in [1.54, 1.807) is 26.8 Å². The molecule has 2 rings (SSSR count). The Morgan fingerprint density at radius 2 is 1.58 bits per heavy atom. The number of sulfonamides is 2. The maximum atomic E-state index is 12.3. The molecule has 2 N–H and O–H groups in total. The number of benzene rings is 2. The molecule has 0 bridgehead atoms. The van der Waals surface area contributed by atoms with Crippen LogP contribution in [0, 0.1) is 6.92 Å². The molecular formula is C20H27N3O6S2. The van der Waals surface area contributed by atoms with Crippen LogP contribution in [0.15, 0.2) is 52.3 Å². The van der Waals surface area contributed by atoms with E-state index in [9.17, 15) is 21.6 Å². The maximum Gasteiger partial charge on any atom is 0.262 e. The van der Waals surface area contributed by atoms with Crippen molar-refractivity contribution in [2.24, 2.45) is 0 Å². The van der Waals surface area contributed by atoms with Gasteiger partial charge in [-0.3, -0.25) is 4.79 Å². The fraction of sp³-hybridized carbons (Fsp3) is 0.350. The van der Waals surface area contributed by atoms with Crippen molar-refractivity contribution in [2.45, 2.75) is 36.6 Å². The zero-order valence-corrected chi connectivity index (χ0v) is 19.7. The van der Waals surface area contributed by atoms with Gasteiger partial charge < -0.3 is 10.1 Å². The van der Waals surface area contributed by atoms with E-state index in [2.05, 4.69) is 10.0 Å². The molecule has 0 fully saturated rings. The molecule has 11 heteroatoms. The number of amides is 1. The van der Waals surface area contributed by atoms with Gasteiger partial charge in [0, 0.05) is 25.8 Å². The summed E-state index contributed by atoms with van der Waals surface area (Å²) >= 11 is 0. The number of ether oxygens (including phenoxy) is 1. The van der Waals surface area contributed by atoms with Crippen LogP contribution in [0.2, 0.25) is 0 Å². The molecule has 0 aromatic heterocycles. The fourth-order valence-corrected chi connectivity index (χ4v) is 4.72. The molecule has 170 valence electrons. The molecule has 1 amide bonds. The minimum atomic E-state index is -3.63. The first-order valence-electron chi connectivity index (χ1n) is 9.41. The summed E-state index contributed by atoms with van der Waals surface area (Å²) in [4.78, 5) is 12.4. The Bertz CT molecular complexity index is 1140. The smallest absolute Gasteiger partial charge is 0.262 e. The van der Waals surface area contributed by atoms with Crippen molar-refractivity contribution in [1.82, 2.24) is 9.03 Å². The standard InChI is InChI=1S/C20H27N3O6S2/c1-14(2)22-30(25,26)17-10-7-16(8-11-17)29-13-20(24)21-19-12-18(9-6-15(19)3)31(27,28)23(4)5/h6-12,14,22H,13H2,1-5H3,(H,21,24). The van der Waals surface area contributed by atoms with Gasteiger partial charge in [0.25, 0.3) is 5.91 Å². The monoisotopic (exact) mass is 469 g/mol. The van der Waals surface area contributed by atoms with Crippen LogP contribution in [0.5, 0.6) is 5.75 Å². The number of carbonyl (C=O) groups excluding carboxylic acids is 1. The van der Waals surface area contributed by atoms with E-state index in [1.807, 2.05) is 0 Å². The van der Waals surface area contributed by atoms with Crippen LogP contribution in [0.1, 0.15) is 19.4 Å². The molecule has 0 aliphatic heterocycles. The van der Waals surface area contributed by atoms with Crippen LogP contribution in [-0.4, -0.2) is 53.8 Å².